The Hall–Kier alpha value is -1.22. The summed E-state index contributed by atoms with van der Waals surface area (Å²) in [6.07, 6.45) is 1.17. The second kappa shape index (κ2) is 5.04. The molecule has 2 aliphatic heterocycles. The SMILES string of the molecule is CC(C)CC1NCC(C)c2cc3c(cc21)OCCO3. The lowest BCUT2D eigenvalue weighted by molar-refractivity contribution is 0.170. The molecular weight excluding hydrogens is 238 g/mol. The Morgan fingerprint density at radius 3 is 2.42 bits per heavy atom. The Labute approximate surface area is 115 Å². The molecule has 0 aromatic heterocycles. The van der Waals surface area contributed by atoms with E-state index in [0.29, 0.717) is 31.1 Å². The highest BCUT2D eigenvalue weighted by atomic mass is 16.6. The molecule has 19 heavy (non-hydrogen) atoms. The molecule has 0 saturated carbocycles. The summed E-state index contributed by atoms with van der Waals surface area (Å²) in [5.41, 5.74) is 2.82. The van der Waals surface area contributed by atoms with Crippen molar-refractivity contribution in [2.45, 2.75) is 39.2 Å². The van der Waals surface area contributed by atoms with Crippen molar-refractivity contribution in [2.75, 3.05) is 19.8 Å². The van der Waals surface area contributed by atoms with Gasteiger partial charge in [0, 0.05) is 12.6 Å². The van der Waals surface area contributed by atoms with Crippen molar-refractivity contribution in [3.8, 4) is 11.5 Å². The van der Waals surface area contributed by atoms with Gasteiger partial charge in [0.2, 0.25) is 0 Å². The summed E-state index contributed by atoms with van der Waals surface area (Å²) >= 11 is 0. The molecule has 0 fully saturated rings. The molecule has 0 radical (unpaired) electrons. The summed E-state index contributed by atoms with van der Waals surface area (Å²) in [5.74, 6) is 3.05. The first-order valence-electron chi connectivity index (χ1n) is 7.32. The first-order valence-corrected chi connectivity index (χ1v) is 7.32. The van der Waals surface area contributed by atoms with Crippen LogP contribution >= 0.6 is 0 Å². The minimum atomic E-state index is 0.446. The molecule has 0 spiro atoms. The van der Waals surface area contributed by atoms with E-state index in [-0.39, 0.29) is 0 Å². The summed E-state index contributed by atoms with van der Waals surface area (Å²) in [6.45, 7) is 9.18. The van der Waals surface area contributed by atoms with Crippen molar-refractivity contribution in [3.05, 3.63) is 23.3 Å². The molecule has 0 aliphatic carbocycles. The fraction of sp³-hybridized carbons (Fsp3) is 0.625. The summed E-state index contributed by atoms with van der Waals surface area (Å²) in [5, 5.41) is 3.67. The van der Waals surface area contributed by atoms with Crippen LogP contribution in [-0.4, -0.2) is 19.8 Å². The fourth-order valence-corrected chi connectivity index (χ4v) is 3.07. The number of hydrogen-bond donors (Lipinski definition) is 1. The van der Waals surface area contributed by atoms with Crippen LogP contribution in [0, 0.1) is 5.92 Å². The normalized spacial score (nSPS) is 25.3. The van der Waals surface area contributed by atoms with Gasteiger partial charge in [-0.1, -0.05) is 20.8 Å². The molecule has 0 bridgehead atoms. The third kappa shape index (κ3) is 2.44. The topological polar surface area (TPSA) is 30.5 Å². The van der Waals surface area contributed by atoms with Gasteiger partial charge in [-0.05, 0) is 41.5 Å². The van der Waals surface area contributed by atoms with Crippen molar-refractivity contribution in [3.63, 3.8) is 0 Å². The van der Waals surface area contributed by atoms with Gasteiger partial charge < -0.3 is 14.8 Å². The number of ether oxygens (including phenoxy) is 2. The Morgan fingerprint density at radius 1 is 1.16 bits per heavy atom. The van der Waals surface area contributed by atoms with Gasteiger partial charge in [-0.3, -0.25) is 0 Å². The Balaban J connectivity index is 2.00. The van der Waals surface area contributed by atoms with E-state index in [2.05, 4.69) is 38.2 Å². The van der Waals surface area contributed by atoms with Gasteiger partial charge >= 0.3 is 0 Å². The van der Waals surface area contributed by atoms with Crippen molar-refractivity contribution in [2.24, 2.45) is 5.92 Å². The molecule has 104 valence electrons. The second-order valence-corrected chi connectivity index (χ2v) is 6.12. The molecule has 0 saturated heterocycles. The number of nitrogens with one attached hydrogen (secondary N) is 1. The van der Waals surface area contributed by atoms with Crippen LogP contribution in [0.1, 0.15) is 50.3 Å². The quantitative estimate of drug-likeness (QED) is 0.886. The third-order valence-corrected chi connectivity index (χ3v) is 4.03. The lowest BCUT2D eigenvalue weighted by Gasteiger charge is -2.33. The Kier molecular flexibility index (Phi) is 3.40. The van der Waals surface area contributed by atoms with E-state index in [0.717, 1.165) is 18.0 Å². The van der Waals surface area contributed by atoms with E-state index in [4.69, 9.17) is 9.47 Å². The highest BCUT2D eigenvalue weighted by molar-refractivity contribution is 5.51. The van der Waals surface area contributed by atoms with Gasteiger partial charge in [-0.25, -0.2) is 0 Å². The monoisotopic (exact) mass is 261 g/mol. The van der Waals surface area contributed by atoms with E-state index < -0.39 is 0 Å². The number of benzene rings is 1. The molecule has 1 aromatic rings. The molecule has 3 heteroatoms. The molecule has 3 rings (SSSR count). The third-order valence-electron chi connectivity index (χ3n) is 4.03. The van der Waals surface area contributed by atoms with Gasteiger partial charge in [0.05, 0.1) is 0 Å². The van der Waals surface area contributed by atoms with Crippen LogP contribution in [0.15, 0.2) is 12.1 Å². The van der Waals surface area contributed by atoms with Crippen LogP contribution < -0.4 is 14.8 Å². The maximum Gasteiger partial charge on any atom is 0.161 e. The zero-order chi connectivity index (χ0) is 13.4. The lowest BCUT2D eigenvalue weighted by atomic mass is 9.84. The molecule has 2 heterocycles. The largest absolute Gasteiger partial charge is 0.486 e. The molecular formula is C16H23NO2. The first-order chi connectivity index (χ1) is 9.15. The fourth-order valence-electron chi connectivity index (χ4n) is 3.07. The van der Waals surface area contributed by atoms with Crippen molar-refractivity contribution < 1.29 is 9.47 Å². The van der Waals surface area contributed by atoms with Gasteiger partial charge in [-0.2, -0.15) is 0 Å². The highest BCUT2D eigenvalue weighted by Gasteiger charge is 2.27. The Bertz CT molecular complexity index is 470. The average molecular weight is 261 g/mol. The van der Waals surface area contributed by atoms with Crippen molar-refractivity contribution in [1.29, 1.82) is 0 Å². The van der Waals surface area contributed by atoms with E-state index in [9.17, 15) is 0 Å². The molecule has 0 amide bonds. The highest BCUT2D eigenvalue weighted by Crippen LogP contribution is 2.41. The summed E-state index contributed by atoms with van der Waals surface area (Å²) in [6, 6.07) is 4.84. The standard InChI is InChI=1S/C16H23NO2/c1-10(2)6-14-13-8-16-15(18-4-5-19-16)7-12(13)11(3)9-17-14/h7-8,10-11,14,17H,4-6,9H2,1-3H3. The van der Waals surface area contributed by atoms with Crippen LogP contribution in [0.2, 0.25) is 0 Å². The van der Waals surface area contributed by atoms with Crippen molar-refractivity contribution >= 4 is 0 Å². The molecule has 1 N–H and O–H groups in total. The van der Waals surface area contributed by atoms with Crippen LogP contribution in [0.4, 0.5) is 0 Å². The van der Waals surface area contributed by atoms with Gasteiger partial charge in [0.15, 0.2) is 11.5 Å². The molecule has 2 atom stereocenters. The zero-order valence-electron chi connectivity index (χ0n) is 12.0. The van der Waals surface area contributed by atoms with E-state index in [1.807, 2.05) is 0 Å². The summed E-state index contributed by atoms with van der Waals surface area (Å²) in [7, 11) is 0. The van der Waals surface area contributed by atoms with Gasteiger partial charge in [0.1, 0.15) is 13.2 Å². The predicted octanol–water partition coefficient (Wildman–Crippen LogP) is 3.25. The number of rotatable bonds is 2. The second-order valence-electron chi connectivity index (χ2n) is 6.12. The summed E-state index contributed by atoms with van der Waals surface area (Å²) in [4.78, 5) is 0. The van der Waals surface area contributed by atoms with Crippen LogP contribution in [0.5, 0.6) is 11.5 Å². The number of hydrogen-bond acceptors (Lipinski definition) is 3. The lowest BCUT2D eigenvalue weighted by Crippen LogP contribution is -2.33. The molecule has 2 unspecified atom stereocenters. The molecule has 1 aromatic carbocycles. The Morgan fingerprint density at radius 2 is 1.79 bits per heavy atom. The number of fused-ring (bicyclic) bond motifs is 2. The minimum Gasteiger partial charge on any atom is -0.486 e. The average Bonchev–Trinajstić information content (AvgIpc) is 2.40. The van der Waals surface area contributed by atoms with Crippen LogP contribution in [0.3, 0.4) is 0 Å². The first kappa shape index (κ1) is 12.8. The predicted molar refractivity (Wildman–Crippen MR) is 76.0 cm³/mol. The van der Waals surface area contributed by atoms with E-state index in [1.54, 1.807) is 0 Å². The minimum absolute atomic E-state index is 0.446. The van der Waals surface area contributed by atoms with E-state index in [1.165, 1.54) is 17.5 Å². The van der Waals surface area contributed by atoms with Crippen LogP contribution in [0.25, 0.3) is 0 Å². The van der Waals surface area contributed by atoms with E-state index >= 15 is 0 Å². The molecule has 3 nitrogen and oxygen atoms in total. The summed E-state index contributed by atoms with van der Waals surface area (Å²) < 4.78 is 11.4. The smallest absolute Gasteiger partial charge is 0.161 e. The van der Waals surface area contributed by atoms with Gasteiger partial charge in [0.25, 0.3) is 0 Å². The maximum atomic E-state index is 5.73. The maximum absolute atomic E-state index is 5.73. The van der Waals surface area contributed by atoms with Gasteiger partial charge in [-0.15, -0.1) is 0 Å². The van der Waals surface area contributed by atoms with Crippen LogP contribution in [-0.2, 0) is 0 Å². The van der Waals surface area contributed by atoms with Crippen molar-refractivity contribution in [1.82, 2.24) is 5.32 Å². The molecule has 2 aliphatic rings. The zero-order valence-corrected chi connectivity index (χ0v) is 12.0.